The van der Waals surface area contributed by atoms with Crippen molar-refractivity contribution in [2.45, 2.75) is 4.90 Å². The number of benzene rings is 2. The Morgan fingerprint density at radius 1 is 1.04 bits per heavy atom. The molecule has 0 aliphatic heterocycles. The van der Waals surface area contributed by atoms with Crippen molar-refractivity contribution in [3.05, 3.63) is 83.9 Å². The molecule has 1 N–H and O–H groups in total. The molecule has 8 heteroatoms. The minimum Gasteiger partial charge on any atom is -0.306 e. The summed E-state index contributed by atoms with van der Waals surface area (Å²) in [6.45, 7) is 0. The van der Waals surface area contributed by atoms with E-state index in [9.17, 15) is 12.8 Å². The van der Waals surface area contributed by atoms with Gasteiger partial charge in [-0.1, -0.05) is 35.9 Å². The van der Waals surface area contributed by atoms with Crippen molar-refractivity contribution < 1.29 is 12.8 Å². The van der Waals surface area contributed by atoms with Gasteiger partial charge in [0.25, 0.3) is 10.0 Å². The quantitative estimate of drug-likeness (QED) is 0.543. The normalized spacial score (nSPS) is 11.6. The van der Waals surface area contributed by atoms with Crippen LogP contribution in [0.3, 0.4) is 0 Å². The number of hydrogen-bond donors (Lipinski definition) is 1. The first kappa shape index (κ1) is 17.5. The molecule has 0 radical (unpaired) electrons. The Labute approximate surface area is 160 Å². The number of aromatic nitrogens is 2. The number of nitrogens with one attached hydrogen (secondary N) is 1. The molecule has 2 aromatic heterocycles. The predicted molar refractivity (Wildman–Crippen MR) is 103 cm³/mol. The summed E-state index contributed by atoms with van der Waals surface area (Å²) in [6.07, 6.45) is 3.68. The van der Waals surface area contributed by atoms with E-state index in [4.69, 9.17) is 11.6 Å². The molecule has 0 unspecified atom stereocenters. The molecule has 0 amide bonds. The Balaban J connectivity index is 1.75. The number of anilines is 1. The molecular formula is C19H13ClFN3O2S. The van der Waals surface area contributed by atoms with E-state index >= 15 is 0 Å². The first-order valence-electron chi connectivity index (χ1n) is 7.95. The zero-order valence-corrected chi connectivity index (χ0v) is 15.4. The SMILES string of the molecule is O=S(=O)(Nc1ccccc1-c1cn2ccccc2n1)c1ccc(F)c(Cl)c1. The summed E-state index contributed by atoms with van der Waals surface area (Å²) in [5.74, 6) is -0.680. The van der Waals surface area contributed by atoms with Crippen LogP contribution in [-0.2, 0) is 10.0 Å². The first-order chi connectivity index (χ1) is 12.9. The molecule has 0 atom stereocenters. The third-order valence-corrected chi connectivity index (χ3v) is 5.67. The maximum absolute atomic E-state index is 13.3. The highest BCUT2D eigenvalue weighted by Gasteiger charge is 2.19. The summed E-state index contributed by atoms with van der Waals surface area (Å²) in [4.78, 5) is 4.40. The Bertz CT molecular complexity index is 1220. The van der Waals surface area contributed by atoms with Crippen molar-refractivity contribution in [1.29, 1.82) is 0 Å². The second kappa shape index (κ2) is 6.68. The molecule has 27 heavy (non-hydrogen) atoms. The summed E-state index contributed by atoms with van der Waals surface area (Å²) >= 11 is 5.72. The Kier molecular flexibility index (Phi) is 4.33. The zero-order valence-electron chi connectivity index (χ0n) is 13.8. The molecule has 136 valence electrons. The average molecular weight is 402 g/mol. The molecule has 2 aromatic carbocycles. The molecular weight excluding hydrogens is 389 g/mol. The van der Waals surface area contributed by atoms with Gasteiger partial charge in [-0.15, -0.1) is 0 Å². The van der Waals surface area contributed by atoms with E-state index in [0.29, 0.717) is 16.9 Å². The van der Waals surface area contributed by atoms with E-state index in [-0.39, 0.29) is 9.92 Å². The molecule has 0 fully saturated rings. The summed E-state index contributed by atoms with van der Waals surface area (Å²) in [5.41, 5.74) is 2.35. The Hall–Kier alpha value is -2.90. The monoisotopic (exact) mass is 401 g/mol. The van der Waals surface area contributed by atoms with Gasteiger partial charge in [-0.05, 0) is 36.4 Å². The van der Waals surface area contributed by atoms with Crippen molar-refractivity contribution in [3.63, 3.8) is 0 Å². The highest BCUT2D eigenvalue weighted by atomic mass is 35.5. The van der Waals surface area contributed by atoms with Crippen LogP contribution in [0.5, 0.6) is 0 Å². The number of nitrogens with zero attached hydrogens (tertiary/aromatic N) is 2. The number of fused-ring (bicyclic) bond motifs is 1. The van der Waals surface area contributed by atoms with E-state index in [0.717, 1.165) is 23.8 Å². The fourth-order valence-corrected chi connectivity index (χ4v) is 4.06. The fraction of sp³-hybridized carbons (Fsp3) is 0. The number of hydrogen-bond acceptors (Lipinski definition) is 3. The van der Waals surface area contributed by atoms with Crippen LogP contribution >= 0.6 is 11.6 Å². The van der Waals surface area contributed by atoms with Crippen LogP contribution in [0, 0.1) is 5.82 Å². The topological polar surface area (TPSA) is 63.5 Å². The lowest BCUT2D eigenvalue weighted by molar-refractivity contribution is 0.599. The van der Waals surface area contributed by atoms with E-state index < -0.39 is 15.8 Å². The van der Waals surface area contributed by atoms with Crippen LogP contribution in [-0.4, -0.2) is 17.8 Å². The average Bonchev–Trinajstić information content (AvgIpc) is 3.08. The second-order valence-electron chi connectivity index (χ2n) is 5.82. The zero-order chi connectivity index (χ0) is 19.0. The standard InChI is InChI=1S/C19H13ClFN3O2S/c20-15-11-13(8-9-16(15)21)27(25,26)23-17-6-2-1-5-14(17)18-12-24-10-4-3-7-19(24)22-18/h1-12,23H. The number of para-hydroxylation sites is 1. The molecule has 0 bridgehead atoms. The Morgan fingerprint density at radius 2 is 1.81 bits per heavy atom. The predicted octanol–water partition coefficient (Wildman–Crippen LogP) is 4.59. The van der Waals surface area contributed by atoms with Crippen molar-refractivity contribution in [2.24, 2.45) is 0 Å². The number of pyridine rings is 1. The maximum Gasteiger partial charge on any atom is 0.261 e. The van der Waals surface area contributed by atoms with Crippen LogP contribution < -0.4 is 4.72 Å². The molecule has 0 spiro atoms. The smallest absolute Gasteiger partial charge is 0.261 e. The summed E-state index contributed by atoms with van der Waals surface area (Å²) in [7, 11) is -3.95. The van der Waals surface area contributed by atoms with Crippen LogP contribution in [0.1, 0.15) is 0 Å². The van der Waals surface area contributed by atoms with Gasteiger partial charge >= 0.3 is 0 Å². The fourth-order valence-electron chi connectivity index (χ4n) is 2.71. The molecule has 4 rings (SSSR count). The van der Waals surface area contributed by atoms with Gasteiger partial charge in [0.15, 0.2) is 0 Å². The van der Waals surface area contributed by atoms with Gasteiger partial charge < -0.3 is 4.40 Å². The number of halogens is 2. The summed E-state index contributed by atoms with van der Waals surface area (Å²) in [5, 5.41) is -0.258. The van der Waals surface area contributed by atoms with Crippen molar-refractivity contribution in [2.75, 3.05) is 4.72 Å². The molecule has 2 heterocycles. The van der Waals surface area contributed by atoms with Crippen molar-refractivity contribution >= 4 is 33.0 Å². The van der Waals surface area contributed by atoms with E-state index in [2.05, 4.69) is 9.71 Å². The van der Waals surface area contributed by atoms with Gasteiger partial charge in [-0.2, -0.15) is 0 Å². The van der Waals surface area contributed by atoms with Crippen LogP contribution in [0.15, 0.2) is 78.0 Å². The lowest BCUT2D eigenvalue weighted by atomic mass is 10.1. The van der Waals surface area contributed by atoms with Crippen molar-refractivity contribution in [3.8, 4) is 11.3 Å². The third kappa shape index (κ3) is 3.39. The number of rotatable bonds is 4. The largest absolute Gasteiger partial charge is 0.306 e. The van der Waals surface area contributed by atoms with Gasteiger partial charge in [0.2, 0.25) is 0 Å². The van der Waals surface area contributed by atoms with Crippen LogP contribution in [0.2, 0.25) is 5.02 Å². The molecule has 0 saturated heterocycles. The first-order valence-corrected chi connectivity index (χ1v) is 9.81. The van der Waals surface area contributed by atoms with Gasteiger partial charge in [0, 0.05) is 18.0 Å². The van der Waals surface area contributed by atoms with Crippen molar-refractivity contribution in [1.82, 2.24) is 9.38 Å². The third-order valence-electron chi connectivity index (χ3n) is 4.01. The summed E-state index contributed by atoms with van der Waals surface area (Å²) in [6, 6.07) is 15.8. The second-order valence-corrected chi connectivity index (χ2v) is 7.91. The molecule has 4 aromatic rings. The molecule has 0 aliphatic rings. The minimum absolute atomic E-state index is 0.126. The maximum atomic E-state index is 13.3. The van der Waals surface area contributed by atoms with Gasteiger partial charge in [-0.25, -0.2) is 17.8 Å². The lowest BCUT2D eigenvalue weighted by Crippen LogP contribution is -2.13. The summed E-state index contributed by atoms with van der Waals surface area (Å²) < 4.78 is 43.1. The highest BCUT2D eigenvalue weighted by molar-refractivity contribution is 7.92. The lowest BCUT2D eigenvalue weighted by Gasteiger charge is -2.12. The van der Waals surface area contributed by atoms with Crippen LogP contribution in [0.25, 0.3) is 16.9 Å². The minimum atomic E-state index is -3.95. The number of imidazole rings is 1. The van der Waals surface area contributed by atoms with E-state index in [1.807, 2.05) is 35.0 Å². The molecule has 0 aliphatic carbocycles. The Morgan fingerprint density at radius 3 is 2.59 bits per heavy atom. The van der Waals surface area contributed by atoms with E-state index in [1.54, 1.807) is 24.3 Å². The van der Waals surface area contributed by atoms with E-state index in [1.165, 1.54) is 0 Å². The molecule has 0 saturated carbocycles. The highest BCUT2D eigenvalue weighted by Crippen LogP contribution is 2.30. The van der Waals surface area contributed by atoms with Gasteiger partial charge in [0.1, 0.15) is 11.5 Å². The van der Waals surface area contributed by atoms with Crippen LogP contribution in [0.4, 0.5) is 10.1 Å². The molecule has 5 nitrogen and oxygen atoms in total. The van der Waals surface area contributed by atoms with Gasteiger partial charge in [-0.3, -0.25) is 4.72 Å². The number of sulfonamides is 1. The van der Waals surface area contributed by atoms with Gasteiger partial charge in [0.05, 0.1) is 21.3 Å².